The van der Waals surface area contributed by atoms with Crippen LogP contribution in [0.3, 0.4) is 0 Å². The molecular weight excluding hydrogens is 301 g/mol. The highest BCUT2D eigenvalue weighted by atomic mass is 35.5. The summed E-state index contributed by atoms with van der Waals surface area (Å²) in [6.45, 7) is 0. The van der Waals surface area contributed by atoms with Crippen LogP contribution in [0.25, 0.3) is 0 Å². The van der Waals surface area contributed by atoms with Gasteiger partial charge in [-0.2, -0.15) is 0 Å². The second-order valence-corrected chi connectivity index (χ2v) is 4.85. The summed E-state index contributed by atoms with van der Waals surface area (Å²) in [5.41, 5.74) is 0.642. The zero-order chi connectivity index (χ0) is 14.7. The first-order valence-corrected chi connectivity index (χ1v) is 6.47. The average Bonchev–Trinajstić information content (AvgIpc) is 2.43. The van der Waals surface area contributed by atoms with E-state index in [4.69, 9.17) is 27.9 Å². The van der Waals surface area contributed by atoms with E-state index < -0.39 is 0 Å². The number of ketones is 1. The number of benzene rings is 1. The van der Waals surface area contributed by atoms with Gasteiger partial charge in [0.15, 0.2) is 17.3 Å². The highest BCUT2D eigenvalue weighted by molar-refractivity contribution is 6.36. The minimum Gasteiger partial charge on any atom is -0.504 e. The van der Waals surface area contributed by atoms with Crippen molar-refractivity contribution in [3.05, 3.63) is 51.8 Å². The molecule has 104 valence electrons. The molecule has 6 heteroatoms. The molecule has 0 aliphatic carbocycles. The van der Waals surface area contributed by atoms with E-state index >= 15 is 0 Å². The summed E-state index contributed by atoms with van der Waals surface area (Å²) >= 11 is 11.9. The molecule has 1 aromatic heterocycles. The number of nitrogens with zero attached hydrogens (tertiary/aromatic N) is 1. The van der Waals surface area contributed by atoms with Gasteiger partial charge in [-0.3, -0.25) is 9.78 Å². The molecule has 0 aliphatic rings. The van der Waals surface area contributed by atoms with Crippen molar-refractivity contribution < 1.29 is 14.6 Å². The predicted molar refractivity (Wildman–Crippen MR) is 77.0 cm³/mol. The first kappa shape index (κ1) is 14.6. The van der Waals surface area contributed by atoms with E-state index in [2.05, 4.69) is 4.98 Å². The maximum atomic E-state index is 12.3. The van der Waals surface area contributed by atoms with Crippen molar-refractivity contribution in [1.29, 1.82) is 0 Å². The number of Topliss-reactive ketones (excluding diaryl/α,β-unsaturated/α-hetero) is 1. The molecule has 4 nitrogen and oxygen atoms in total. The SMILES string of the molecule is COc1cccc(C(=O)Cc2c(Cl)cncc2Cl)c1O. The highest BCUT2D eigenvalue weighted by Crippen LogP contribution is 2.31. The van der Waals surface area contributed by atoms with Crippen LogP contribution in [0.15, 0.2) is 30.6 Å². The number of rotatable bonds is 4. The molecule has 0 saturated carbocycles. The van der Waals surface area contributed by atoms with Gasteiger partial charge < -0.3 is 9.84 Å². The van der Waals surface area contributed by atoms with Gasteiger partial charge in [0.25, 0.3) is 0 Å². The molecule has 0 atom stereocenters. The zero-order valence-corrected chi connectivity index (χ0v) is 12.1. The molecule has 2 rings (SSSR count). The lowest BCUT2D eigenvalue weighted by Crippen LogP contribution is -2.06. The molecule has 0 fully saturated rings. The third-order valence-electron chi connectivity index (χ3n) is 2.81. The number of aromatic hydroxyl groups is 1. The number of hydrogen-bond donors (Lipinski definition) is 1. The lowest BCUT2D eigenvalue weighted by Gasteiger charge is -2.09. The number of phenols is 1. The zero-order valence-electron chi connectivity index (χ0n) is 10.6. The molecule has 1 N–H and O–H groups in total. The number of hydrogen-bond acceptors (Lipinski definition) is 4. The van der Waals surface area contributed by atoms with Gasteiger partial charge in [-0.15, -0.1) is 0 Å². The maximum absolute atomic E-state index is 12.3. The molecule has 1 heterocycles. The fourth-order valence-electron chi connectivity index (χ4n) is 1.77. The largest absolute Gasteiger partial charge is 0.504 e. The van der Waals surface area contributed by atoms with Crippen LogP contribution in [0.2, 0.25) is 10.0 Å². The number of aromatic nitrogens is 1. The minimum atomic E-state index is -0.309. The fraction of sp³-hybridized carbons (Fsp3) is 0.143. The fourth-order valence-corrected chi connectivity index (χ4v) is 2.27. The van der Waals surface area contributed by atoms with Crippen molar-refractivity contribution in [2.75, 3.05) is 7.11 Å². The normalized spacial score (nSPS) is 10.3. The summed E-state index contributed by atoms with van der Waals surface area (Å²) in [5, 5.41) is 10.6. The monoisotopic (exact) mass is 311 g/mol. The van der Waals surface area contributed by atoms with Gasteiger partial charge in [0.05, 0.1) is 22.7 Å². The Balaban J connectivity index is 2.34. The van der Waals surface area contributed by atoms with Crippen LogP contribution >= 0.6 is 23.2 Å². The molecule has 2 aromatic rings. The van der Waals surface area contributed by atoms with Crippen molar-refractivity contribution in [3.63, 3.8) is 0 Å². The lowest BCUT2D eigenvalue weighted by atomic mass is 10.0. The molecule has 20 heavy (non-hydrogen) atoms. The van der Waals surface area contributed by atoms with Gasteiger partial charge in [-0.25, -0.2) is 0 Å². The van der Waals surface area contributed by atoms with Crippen LogP contribution in [0.5, 0.6) is 11.5 Å². The Morgan fingerprint density at radius 2 is 1.95 bits per heavy atom. The Kier molecular flexibility index (Phi) is 4.47. The van der Waals surface area contributed by atoms with Gasteiger partial charge in [-0.05, 0) is 12.1 Å². The third kappa shape index (κ3) is 2.86. The van der Waals surface area contributed by atoms with Gasteiger partial charge in [0, 0.05) is 24.4 Å². The van der Waals surface area contributed by atoms with E-state index in [0.717, 1.165) is 0 Å². The molecule has 0 radical (unpaired) electrons. The number of para-hydroxylation sites is 1. The molecule has 0 saturated heterocycles. The van der Waals surface area contributed by atoms with Crippen LogP contribution in [0.4, 0.5) is 0 Å². The van der Waals surface area contributed by atoms with E-state index in [1.165, 1.54) is 25.6 Å². The summed E-state index contributed by atoms with van der Waals surface area (Å²) < 4.78 is 4.97. The van der Waals surface area contributed by atoms with E-state index in [-0.39, 0.29) is 29.3 Å². The van der Waals surface area contributed by atoms with Crippen molar-refractivity contribution >= 4 is 29.0 Å². The summed E-state index contributed by atoms with van der Waals surface area (Å²) in [4.78, 5) is 16.1. The Morgan fingerprint density at radius 3 is 2.55 bits per heavy atom. The molecule has 0 unspecified atom stereocenters. The summed E-state index contributed by atoms with van der Waals surface area (Å²) in [6.07, 6.45) is 2.81. The second kappa shape index (κ2) is 6.11. The van der Waals surface area contributed by atoms with Gasteiger partial charge in [0.2, 0.25) is 0 Å². The van der Waals surface area contributed by atoms with Crippen molar-refractivity contribution in [2.24, 2.45) is 0 Å². The Bertz CT molecular complexity index is 639. The minimum absolute atomic E-state index is 0.0269. The predicted octanol–water partition coefficient (Wildman–Crippen LogP) is 3.53. The van der Waals surface area contributed by atoms with Gasteiger partial charge >= 0.3 is 0 Å². The standard InChI is InChI=1S/C14H11Cl2NO3/c1-20-13-4-2-3-8(14(13)19)12(18)5-9-10(15)6-17-7-11(9)16/h2-4,6-7,19H,5H2,1H3. The van der Waals surface area contributed by atoms with E-state index in [1.807, 2.05) is 0 Å². The second-order valence-electron chi connectivity index (χ2n) is 4.04. The molecular formula is C14H11Cl2NO3. The highest BCUT2D eigenvalue weighted by Gasteiger charge is 2.18. The number of pyridine rings is 1. The van der Waals surface area contributed by atoms with Crippen LogP contribution in [0, 0.1) is 0 Å². The maximum Gasteiger partial charge on any atom is 0.171 e. The van der Waals surface area contributed by atoms with Crippen LogP contribution in [-0.2, 0) is 6.42 Å². The Hall–Kier alpha value is -1.78. The number of phenolic OH excluding ortho intramolecular Hbond substituents is 1. The van der Waals surface area contributed by atoms with E-state index in [9.17, 15) is 9.90 Å². The smallest absolute Gasteiger partial charge is 0.171 e. The number of methoxy groups -OCH3 is 1. The molecule has 0 aliphatic heterocycles. The van der Waals surface area contributed by atoms with Crippen LogP contribution in [0.1, 0.15) is 15.9 Å². The topological polar surface area (TPSA) is 59.4 Å². The van der Waals surface area contributed by atoms with Crippen LogP contribution in [-0.4, -0.2) is 23.0 Å². The lowest BCUT2D eigenvalue weighted by molar-refractivity contribution is 0.0990. The number of carbonyl (C=O) groups is 1. The van der Waals surface area contributed by atoms with E-state index in [1.54, 1.807) is 12.1 Å². The van der Waals surface area contributed by atoms with Crippen molar-refractivity contribution in [1.82, 2.24) is 4.98 Å². The van der Waals surface area contributed by atoms with Gasteiger partial charge in [-0.1, -0.05) is 29.3 Å². The van der Waals surface area contributed by atoms with Crippen molar-refractivity contribution in [2.45, 2.75) is 6.42 Å². The Labute approximate surface area is 125 Å². The number of halogens is 2. The third-order valence-corrected chi connectivity index (χ3v) is 3.46. The first-order valence-electron chi connectivity index (χ1n) is 5.71. The average molecular weight is 312 g/mol. The molecule has 0 amide bonds. The summed E-state index contributed by atoms with van der Waals surface area (Å²) in [5.74, 6) is -0.263. The summed E-state index contributed by atoms with van der Waals surface area (Å²) in [7, 11) is 1.42. The number of carbonyl (C=O) groups excluding carboxylic acids is 1. The van der Waals surface area contributed by atoms with E-state index in [0.29, 0.717) is 15.6 Å². The Morgan fingerprint density at radius 1 is 1.30 bits per heavy atom. The quantitative estimate of drug-likeness (QED) is 0.878. The molecule has 0 spiro atoms. The summed E-state index contributed by atoms with van der Waals surface area (Å²) in [6, 6.07) is 4.71. The molecule has 0 bridgehead atoms. The molecule has 1 aromatic carbocycles. The number of ether oxygens (including phenoxy) is 1. The van der Waals surface area contributed by atoms with Crippen LogP contribution < -0.4 is 4.74 Å². The first-order chi connectivity index (χ1) is 9.54. The van der Waals surface area contributed by atoms with Gasteiger partial charge in [0.1, 0.15) is 0 Å². The van der Waals surface area contributed by atoms with Crippen molar-refractivity contribution in [3.8, 4) is 11.5 Å².